The lowest BCUT2D eigenvalue weighted by atomic mass is 10.1. The van der Waals surface area contributed by atoms with Crippen molar-refractivity contribution < 1.29 is 18.7 Å². The number of hydrogen-bond acceptors (Lipinski definition) is 6. The largest absolute Gasteiger partial charge is 0.497 e. The fraction of sp³-hybridized carbons (Fsp3) is 0.211. The third-order valence-electron chi connectivity index (χ3n) is 4.00. The Morgan fingerprint density at radius 1 is 1.21 bits per heavy atom. The predicted molar refractivity (Wildman–Crippen MR) is 106 cm³/mol. The highest BCUT2D eigenvalue weighted by Gasteiger charge is 2.21. The maximum Gasteiger partial charge on any atom is 0.320 e. The number of anilines is 1. The van der Waals surface area contributed by atoms with Gasteiger partial charge < -0.3 is 24.5 Å². The van der Waals surface area contributed by atoms with Crippen LogP contribution in [0.2, 0.25) is 0 Å². The molecule has 1 aromatic heterocycles. The quantitative estimate of drug-likeness (QED) is 0.521. The summed E-state index contributed by atoms with van der Waals surface area (Å²) < 4.78 is 15.9. The third-order valence-corrected chi connectivity index (χ3v) is 4.17. The van der Waals surface area contributed by atoms with E-state index in [9.17, 15) is 4.79 Å². The molecule has 0 bridgehead atoms. The van der Waals surface area contributed by atoms with Crippen molar-refractivity contribution in [2.75, 3.05) is 19.5 Å². The van der Waals surface area contributed by atoms with Crippen LogP contribution in [0, 0.1) is 4.84 Å². The molecule has 1 atom stereocenters. The molecule has 0 aliphatic rings. The summed E-state index contributed by atoms with van der Waals surface area (Å²) in [4.78, 5) is 12.8. The van der Waals surface area contributed by atoms with E-state index in [0.717, 1.165) is 5.56 Å². The molecular weight excluding hydrogens is 380 g/mol. The van der Waals surface area contributed by atoms with Crippen LogP contribution < -0.4 is 20.1 Å². The number of nitrogens with zero attached hydrogens (tertiary/aromatic N) is 1. The van der Waals surface area contributed by atoms with Crippen molar-refractivity contribution in [3.63, 3.8) is 0 Å². The molecule has 3 N–H and O–H groups in total. The number of methoxy groups -OCH3 is 2. The maximum atomic E-state index is 12.6. The van der Waals surface area contributed by atoms with Crippen molar-refractivity contribution >= 4 is 23.9 Å². The van der Waals surface area contributed by atoms with E-state index in [1.807, 2.05) is 30.3 Å². The molecule has 2 amide bonds. The monoisotopic (exact) mass is 400 g/mol. The molecule has 0 radical (unpaired) electrons. The Hall–Kier alpha value is -3.33. The molecule has 9 heteroatoms. The Morgan fingerprint density at radius 3 is 2.64 bits per heavy atom. The number of aromatic nitrogens is 2. The van der Waals surface area contributed by atoms with E-state index in [1.54, 1.807) is 25.3 Å². The molecule has 2 aromatic carbocycles. The highest BCUT2D eigenvalue weighted by atomic mass is 32.1. The summed E-state index contributed by atoms with van der Waals surface area (Å²) in [5.41, 5.74) is 1.48. The number of rotatable bonds is 7. The van der Waals surface area contributed by atoms with Gasteiger partial charge in [-0.05, 0) is 29.9 Å². The second-order valence-electron chi connectivity index (χ2n) is 5.86. The fourth-order valence-electron chi connectivity index (χ4n) is 2.67. The molecule has 0 aliphatic carbocycles. The number of hydrogen-bond donors (Lipinski definition) is 3. The minimum Gasteiger partial charge on any atom is -0.497 e. The van der Waals surface area contributed by atoms with Crippen LogP contribution in [0.5, 0.6) is 11.5 Å². The lowest BCUT2D eigenvalue weighted by Gasteiger charge is -2.17. The van der Waals surface area contributed by atoms with Gasteiger partial charge in [0, 0.05) is 12.5 Å². The van der Waals surface area contributed by atoms with Crippen molar-refractivity contribution in [3.05, 3.63) is 64.8 Å². The molecule has 146 valence electrons. The van der Waals surface area contributed by atoms with Crippen LogP contribution >= 0.6 is 12.2 Å². The number of amides is 2. The Kier molecular flexibility index (Phi) is 6.28. The number of aromatic amines is 1. The average molecular weight is 400 g/mol. The first kappa shape index (κ1) is 19.4. The predicted octanol–water partition coefficient (Wildman–Crippen LogP) is 3.85. The fourth-order valence-corrected chi connectivity index (χ4v) is 2.80. The molecule has 0 aliphatic heterocycles. The summed E-state index contributed by atoms with van der Waals surface area (Å²) in [7, 11) is 3.07. The van der Waals surface area contributed by atoms with E-state index < -0.39 is 12.1 Å². The second kappa shape index (κ2) is 9.05. The molecule has 1 heterocycles. The Labute approximate surface area is 166 Å². The van der Waals surface area contributed by atoms with Gasteiger partial charge in [-0.1, -0.05) is 30.3 Å². The highest BCUT2D eigenvalue weighted by Crippen LogP contribution is 2.29. The van der Waals surface area contributed by atoms with E-state index in [0.29, 0.717) is 29.5 Å². The number of nitrogens with one attached hydrogen (secondary N) is 3. The normalized spacial score (nSPS) is 11.5. The smallest absolute Gasteiger partial charge is 0.320 e. The van der Waals surface area contributed by atoms with E-state index >= 15 is 0 Å². The van der Waals surface area contributed by atoms with Crippen molar-refractivity contribution in [2.45, 2.75) is 12.5 Å². The zero-order valence-corrected chi connectivity index (χ0v) is 16.2. The van der Waals surface area contributed by atoms with Gasteiger partial charge in [-0.3, -0.25) is 0 Å². The van der Waals surface area contributed by atoms with Gasteiger partial charge >= 0.3 is 6.03 Å². The second-order valence-corrected chi connectivity index (χ2v) is 6.23. The van der Waals surface area contributed by atoms with Crippen molar-refractivity contribution in [1.82, 2.24) is 15.5 Å². The molecule has 0 fully saturated rings. The molecule has 0 saturated carbocycles. The van der Waals surface area contributed by atoms with Crippen molar-refractivity contribution in [2.24, 2.45) is 0 Å². The summed E-state index contributed by atoms with van der Waals surface area (Å²) >= 11 is 4.95. The first-order chi connectivity index (χ1) is 13.6. The molecule has 1 unspecified atom stereocenters. The van der Waals surface area contributed by atoms with Gasteiger partial charge in [-0.2, -0.15) is 0 Å². The van der Waals surface area contributed by atoms with E-state index in [2.05, 4.69) is 20.8 Å². The van der Waals surface area contributed by atoms with Crippen LogP contribution in [0.4, 0.5) is 10.5 Å². The molecule has 0 saturated heterocycles. The number of carbonyl (C=O) groups is 1. The third kappa shape index (κ3) is 4.89. The summed E-state index contributed by atoms with van der Waals surface area (Å²) in [6, 6.07) is 13.8. The minimum absolute atomic E-state index is 0.143. The minimum atomic E-state index is -0.521. The topological polar surface area (TPSA) is 101 Å². The van der Waals surface area contributed by atoms with E-state index in [1.165, 1.54) is 7.11 Å². The van der Waals surface area contributed by atoms with Gasteiger partial charge in [0.05, 0.1) is 19.9 Å². The molecule has 8 nitrogen and oxygen atoms in total. The first-order valence-corrected chi connectivity index (χ1v) is 8.88. The van der Waals surface area contributed by atoms with Crippen molar-refractivity contribution in [3.8, 4) is 11.5 Å². The number of carbonyl (C=O) groups excluding carboxylic acids is 1. The maximum absolute atomic E-state index is 12.6. The Morgan fingerprint density at radius 2 is 2.00 bits per heavy atom. The standard InChI is InChI=1S/C19H20N4O4S/c1-25-13-8-9-16(26-2)14(11-13)20-18(24)21-15(17-22-23-19(28)27-17)10-12-6-4-3-5-7-12/h3-9,11,15H,10H2,1-2H3,(H,23,28)(H2,20,21,24). The zero-order valence-electron chi connectivity index (χ0n) is 15.4. The SMILES string of the molecule is COc1ccc(OC)c(NC(=O)NC(Cc2ccccc2)c2n[nH]c(=S)o2)c1. The van der Waals surface area contributed by atoms with Gasteiger partial charge in [0.25, 0.3) is 4.84 Å². The zero-order chi connectivity index (χ0) is 19.9. The number of benzene rings is 2. The average Bonchev–Trinajstić information content (AvgIpc) is 3.14. The van der Waals surface area contributed by atoms with Crippen molar-refractivity contribution in [1.29, 1.82) is 0 Å². The van der Waals surface area contributed by atoms with Crippen LogP contribution in [-0.4, -0.2) is 30.4 Å². The van der Waals surface area contributed by atoms with Crippen LogP contribution in [0.15, 0.2) is 52.9 Å². The summed E-state index contributed by atoms with van der Waals surface area (Å²) in [6.45, 7) is 0. The van der Waals surface area contributed by atoms with E-state index in [-0.39, 0.29) is 4.84 Å². The molecule has 3 rings (SSSR count). The molecule has 0 spiro atoms. The van der Waals surface area contributed by atoms with Gasteiger partial charge in [-0.15, -0.1) is 5.10 Å². The van der Waals surface area contributed by atoms with Gasteiger partial charge in [0.1, 0.15) is 17.5 Å². The number of H-pyrrole nitrogens is 1. The molecule has 3 aromatic rings. The summed E-state index contributed by atoms with van der Waals surface area (Å²) in [5.74, 6) is 1.39. The Bertz CT molecular complexity index is 987. The number of ether oxygens (including phenoxy) is 2. The summed E-state index contributed by atoms with van der Waals surface area (Å²) in [6.07, 6.45) is 0.479. The van der Waals surface area contributed by atoms with Gasteiger partial charge in [-0.25, -0.2) is 9.89 Å². The van der Waals surface area contributed by atoms with Crippen LogP contribution in [-0.2, 0) is 6.42 Å². The molecular formula is C19H20N4O4S. The van der Waals surface area contributed by atoms with Crippen LogP contribution in [0.3, 0.4) is 0 Å². The van der Waals surface area contributed by atoms with Crippen LogP contribution in [0.25, 0.3) is 0 Å². The summed E-state index contributed by atoms with van der Waals surface area (Å²) in [5, 5.41) is 12.3. The lowest BCUT2D eigenvalue weighted by molar-refractivity contribution is 0.245. The Balaban J connectivity index is 1.78. The van der Waals surface area contributed by atoms with Crippen LogP contribution in [0.1, 0.15) is 17.5 Å². The molecule has 28 heavy (non-hydrogen) atoms. The highest BCUT2D eigenvalue weighted by molar-refractivity contribution is 7.71. The van der Waals surface area contributed by atoms with Gasteiger partial charge in [0.15, 0.2) is 0 Å². The van der Waals surface area contributed by atoms with Gasteiger partial charge in [0.2, 0.25) is 5.89 Å². The van der Waals surface area contributed by atoms with E-state index in [4.69, 9.17) is 26.1 Å². The first-order valence-electron chi connectivity index (χ1n) is 8.48. The lowest BCUT2D eigenvalue weighted by Crippen LogP contribution is -2.34. The number of urea groups is 1.